The number of aliphatic carboxylic acids is 1. The van der Waals surface area contributed by atoms with Gasteiger partial charge in [0.1, 0.15) is 0 Å². The molecule has 1 aliphatic heterocycles. The van der Waals surface area contributed by atoms with Gasteiger partial charge in [0.05, 0.1) is 6.42 Å². The summed E-state index contributed by atoms with van der Waals surface area (Å²) in [6, 6.07) is 0.689. The first-order chi connectivity index (χ1) is 6.00. The van der Waals surface area contributed by atoms with Crippen molar-refractivity contribution in [2.75, 3.05) is 27.2 Å². The summed E-state index contributed by atoms with van der Waals surface area (Å²) >= 11 is 0. The van der Waals surface area contributed by atoms with E-state index in [2.05, 4.69) is 16.7 Å². The minimum Gasteiger partial charge on any atom is -0.481 e. The van der Waals surface area contributed by atoms with Gasteiger partial charge < -0.3 is 14.9 Å². The van der Waals surface area contributed by atoms with Gasteiger partial charge in [-0.3, -0.25) is 4.79 Å². The zero-order valence-corrected chi connectivity index (χ0v) is 8.53. The number of likely N-dealkylation sites (N-methyl/N-ethyl adjacent to an activating group) is 2. The average molecular weight is 186 g/mol. The third kappa shape index (κ3) is 2.67. The van der Waals surface area contributed by atoms with Gasteiger partial charge in [-0.2, -0.15) is 0 Å². The second kappa shape index (κ2) is 4.07. The van der Waals surface area contributed by atoms with E-state index in [0.717, 1.165) is 13.1 Å². The van der Waals surface area contributed by atoms with E-state index >= 15 is 0 Å². The first-order valence-electron chi connectivity index (χ1n) is 4.63. The Balaban J connectivity index is 2.51. The Morgan fingerprint density at radius 1 is 1.38 bits per heavy atom. The fourth-order valence-electron chi connectivity index (χ4n) is 1.78. The molecule has 0 radical (unpaired) electrons. The molecule has 0 amide bonds. The van der Waals surface area contributed by atoms with Crippen LogP contribution in [-0.2, 0) is 4.79 Å². The van der Waals surface area contributed by atoms with Crippen molar-refractivity contribution in [3.8, 4) is 0 Å². The predicted molar refractivity (Wildman–Crippen MR) is 50.8 cm³/mol. The van der Waals surface area contributed by atoms with Crippen molar-refractivity contribution in [1.29, 1.82) is 0 Å². The lowest BCUT2D eigenvalue weighted by atomic mass is 10.1. The molecule has 0 bridgehead atoms. The monoisotopic (exact) mass is 186 g/mol. The Kier molecular flexibility index (Phi) is 3.27. The van der Waals surface area contributed by atoms with Crippen molar-refractivity contribution in [3.05, 3.63) is 0 Å². The number of hydrogen-bond donors (Lipinski definition) is 1. The molecule has 76 valence electrons. The Morgan fingerprint density at radius 2 is 2.00 bits per heavy atom. The highest BCUT2D eigenvalue weighted by Gasteiger charge is 2.28. The summed E-state index contributed by atoms with van der Waals surface area (Å²) in [5, 5.41) is 8.69. The van der Waals surface area contributed by atoms with E-state index in [9.17, 15) is 4.79 Å². The highest BCUT2D eigenvalue weighted by atomic mass is 16.4. The predicted octanol–water partition coefficient (Wildman–Crippen LogP) is 0.0954. The summed E-state index contributed by atoms with van der Waals surface area (Å²) in [7, 11) is 4.05. The van der Waals surface area contributed by atoms with E-state index in [1.165, 1.54) is 0 Å². The van der Waals surface area contributed by atoms with Crippen LogP contribution in [0.25, 0.3) is 0 Å². The fourth-order valence-corrected chi connectivity index (χ4v) is 1.78. The minimum atomic E-state index is -0.709. The Labute approximate surface area is 79.1 Å². The topological polar surface area (TPSA) is 43.8 Å². The molecule has 0 aliphatic carbocycles. The summed E-state index contributed by atoms with van der Waals surface area (Å²) in [6.45, 7) is 3.96. The number of hydrogen-bond acceptors (Lipinski definition) is 3. The Morgan fingerprint density at radius 3 is 2.54 bits per heavy atom. The quantitative estimate of drug-likeness (QED) is 0.664. The van der Waals surface area contributed by atoms with E-state index in [1.807, 2.05) is 14.1 Å². The van der Waals surface area contributed by atoms with Crippen LogP contribution < -0.4 is 0 Å². The van der Waals surface area contributed by atoms with Crippen LogP contribution in [0.2, 0.25) is 0 Å². The maximum absolute atomic E-state index is 10.6. The first kappa shape index (κ1) is 10.5. The van der Waals surface area contributed by atoms with Crippen LogP contribution in [0.15, 0.2) is 0 Å². The third-order valence-electron chi connectivity index (χ3n) is 2.84. The molecule has 1 fully saturated rings. The number of carbonyl (C=O) groups is 1. The van der Waals surface area contributed by atoms with Crippen LogP contribution in [0.1, 0.15) is 13.3 Å². The molecule has 0 saturated carbocycles. The van der Waals surface area contributed by atoms with Crippen molar-refractivity contribution >= 4 is 5.97 Å². The van der Waals surface area contributed by atoms with Gasteiger partial charge in [-0.25, -0.2) is 0 Å². The summed E-state index contributed by atoms with van der Waals surface area (Å²) in [4.78, 5) is 14.9. The number of rotatable bonds is 2. The molecule has 13 heavy (non-hydrogen) atoms. The zero-order valence-electron chi connectivity index (χ0n) is 8.53. The zero-order chi connectivity index (χ0) is 10.0. The van der Waals surface area contributed by atoms with Gasteiger partial charge in [0.2, 0.25) is 0 Å². The molecule has 0 aromatic heterocycles. The number of carboxylic acids is 1. The molecule has 1 aliphatic rings. The molecule has 1 heterocycles. The second-order valence-electron chi connectivity index (χ2n) is 3.98. The van der Waals surface area contributed by atoms with E-state index in [0.29, 0.717) is 6.04 Å². The molecule has 2 unspecified atom stereocenters. The number of nitrogens with zero attached hydrogens (tertiary/aromatic N) is 2. The highest BCUT2D eigenvalue weighted by molar-refractivity contribution is 5.67. The van der Waals surface area contributed by atoms with Gasteiger partial charge in [-0.05, 0) is 21.0 Å². The second-order valence-corrected chi connectivity index (χ2v) is 3.98. The Bertz CT molecular complexity index is 196. The van der Waals surface area contributed by atoms with Crippen LogP contribution in [0.3, 0.4) is 0 Å². The lowest BCUT2D eigenvalue weighted by Gasteiger charge is -2.41. The molecule has 1 N–H and O–H groups in total. The van der Waals surface area contributed by atoms with Crippen LogP contribution in [0.5, 0.6) is 0 Å². The van der Waals surface area contributed by atoms with Crippen LogP contribution >= 0.6 is 0 Å². The molecule has 4 heteroatoms. The molecule has 1 rings (SSSR count). The molecule has 2 atom stereocenters. The van der Waals surface area contributed by atoms with Crippen molar-refractivity contribution in [3.63, 3.8) is 0 Å². The SMILES string of the molecule is CC1CN(C)C(CC(=O)O)CN1C. The summed E-state index contributed by atoms with van der Waals surface area (Å²) < 4.78 is 0. The normalized spacial score (nSPS) is 31.9. The molecule has 4 nitrogen and oxygen atoms in total. The molecule has 0 aromatic rings. The average Bonchev–Trinajstić information content (AvgIpc) is 1.99. The van der Waals surface area contributed by atoms with Gasteiger partial charge >= 0.3 is 5.97 Å². The van der Waals surface area contributed by atoms with Gasteiger partial charge in [0, 0.05) is 25.2 Å². The maximum atomic E-state index is 10.6. The van der Waals surface area contributed by atoms with Crippen molar-refractivity contribution < 1.29 is 9.90 Å². The van der Waals surface area contributed by atoms with Crippen LogP contribution in [0, 0.1) is 0 Å². The minimum absolute atomic E-state index is 0.165. The standard InChI is InChI=1S/C9H18N2O2/c1-7-5-11(3)8(4-9(12)13)6-10(7)2/h7-8H,4-6H2,1-3H3,(H,12,13). The van der Waals surface area contributed by atoms with Crippen molar-refractivity contribution in [2.24, 2.45) is 0 Å². The summed E-state index contributed by atoms with van der Waals surface area (Å²) in [5.41, 5.74) is 0. The lowest BCUT2D eigenvalue weighted by Crippen LogP contribution is -2.54. The summed E-state index contributed by atoms with van der Waals surface area (Å²) in [5.74, 6) is -0.709. The van der Waals surface area contributed by atoms with Crippen molar-refractivity contribution in [2.45, 2.75) is 25.4 Å². The molecule has 1 saturated heterocycles. The molecular formula is C9H18N2O2. The van der Waals surface area contributed by atoms with Gasteiger partial charge in [0.25, 0.3) is 0 Å². The van der Waals surface area contributed by atoms with E-state index in [-0.39, 0.29) is 12.5 Å². The van der Waals surface area contributed by atoms with Gasteiger partial charge in [-0.15, -0.1) is 0 Å². The maximum Gasteiger partial charge on any atom is 0.304 e. The van der Waals surface area contributed by atoms with Crippen LogP contribution in [-0.4, -0.2) is 60.1 Å². The van der Waals surface area contributed by atoms with Gasteiger partial charge in [-0.1, -0.05) is 0 Å². The number of piperazine rings is 1. The fraction of sp³-hybridized carbons (Fsp3) is 0.889. The van der Waals surface area contributed by atoms with E-state index in [1.54, 1.807) is 0 Å². The smallest absolute Gasteiger partial charge is 0.304 e. The van der Waals surface area contributed by atoms with Gasteiger partial charge in [0.15, 0.2) is 0 Å². The third-order valence-corrected chi connectivity index (χ3v) is 2.84. The highest BCUT2D eigenvalue weighted by Crippen LogP contribution is 2.13. The van der Waals surface area contributed by atoms with Crippen molar-refractivity contribution in [1.82, 2.24) is 9.80 Å². The number of carboxylic acid groups (broad SMARTS) is 1. The molecular weight excluding hydrogens is 168 g/mol. The summed E-state index contributed by atoms with van der Waals surface area (Å²) in [6.07, 6.45) is 0.244. The van der Waals surface area contributed by atoms with E-state index in [4.69, 9.17) is 5.11 Å². The first-order valence-corrected chi connectivity index (χ1v) is 4.63. The Hall–Kier alpha value is -0.610. The molecule has 0 aromatic carbocycles. The van der Waals surface area contributed by atoms with Crippen LogP contribution in [0.4, 0.5) is 0 Å². The largest absolute Gasteiger partial charge is 0.481 e. The molecule has 0 spiro atoms. The van der Waals surface area contributed by atoms with E-state index < -0.39 is 5.97 Å². The lowest BCUT2D eigenvalue weighted by molar-refractivity contribution is -0.139.